The van der Waals surface area contributed by atoms with Crippen LogP contribution in [0.3, 0.4) is 0 Å². The van der Waals surface area contributed by atoms with E-state index in [0.717, 1.165) is 28.9 Å². The molecule has 3 aromatic heterocycles. The predicted octanol–water partition coefficient (Wildman–Crippen LogP) is 2.24. The van der Waals surface area contributed by atoms with E-state index in [1.807, 2.05) is 52.8 Å². The van der Waals surface area contributed by atoms with Crippen LogP contribution in [-0.2, 0) is 11.3 Å². The molecule has 0 saturated heterocycles. The minimum atomic E-state index is 0.361. The average molecular weight is 266 g/mol. The van der Waals surface area contributed by atoms with Crippen molar-refractivity contribution in [1.29, 1.82) is 0 Å². The Kier molecular flexibility index (Phi) is 3.16. The first-order chi connectivity index (χ1) is 9.78. The van der Waals surface area contributed by atoms with Crippen molar-refractivity contribution in [1.82, 2.24) is 19.3 Å². The Labute approximate surface area is 116 Å². The molecule has 3 aromatic rings. The Morgan fingerprint density at radius 2 is 2.15 bits per heavy atom. The van der Waals surface area contributed by atoms with Gasteiger partial charge in [-0.25, -0.2) is 4.68 Å². The van der Waals surface area contributed by atoms with Gasteiger partial charge in [-0.2, -0.15) is 5.10 Å². The molecule has 5 heteroatoms. The van der Waals surface area contributed by atoms with Crippen molar-refractivity contribution in [2.75, 3.05) is 0 Å². The summed E-state index contributed by atoms with van der Waals surface area (Å²) in [6, 6.07) is 7.86. The fourth-order valence-electron chi connectivity index (χ4n) is 2.10. The summed E-state index contributed by atoms with van der Waals surface area (Å²) in [6.07, 6.45) is 8.25. The molecule has 20 heavy (non-hydrogen) atoms. The van der Waals surface area contributed by atoms with Gasteiger partial charge in [-0.15, -0.1) is 0 Å². The number of aromatic nitrogens is 4. The van der Waals surface area contributed by atoms with Crippen LogP contribution >= 0.6 is 0 Å². The van der Waals surface area contributed by atoms with Gasteiger partial charge in [0.25, 0.3) is 0 Å². The molecule has 3 heterocycles. The van der Waals surface area contributed by atoms with Crippen LogP contribution in [0.25, 0.3) is 16.9 Å². The predicted molar refractivity (Wildman–Crippen MR) is 75.6 cm³/mol. The van der Waals surface area contributed by atoms with Crippen LogP contribution in [0.15, 0.2) is 49.1 Å². The molecule has 0 fully saturated rings. The Hall–Kier alpha value is -2.69. The molecular weight excluding hydrogens is 252 g/mol. The highest BCUT2D eigenvalue weighted by atomic mass is 16.1. The van der Waals surface area contributed by atoms with E-state index in [2.05, 4.69) is 10.1 Å². The smallest absolute Gasteiger partial charge is 0.139 e. The van der Waals surface area contributed by atoms with E-state index in [4.69, 9.17) is 0 Å². The molecule has 0 amide bonds. The lowest BCUT2D eigenvalue weighted by molar-refractivity contribution is -0.108. The van der Waals surface area contributed by atoms with Crippen molar-refractivity contribution >= 4 is 6.29 Å². The van der Waals surface area contributed by atoms with E-state index in [-0.39, 0.29) is 0 Å². The molecule has 0 aliphatic rings. The van der Waals surface area contributed by atoms with Crippen LogP contribution < -0.4 is 0 Å². The van der Waals surface area contributed by atoms with Gasteiger partial charge in [0.1, 0.15) is 6.29 Å². The number of nitrogens with zero attached hydrogens (tertiary/aromatic N) is 4. The summed E-state index contributed by atoms with van der Waals surface area (Å²) in [5.41, 5.74) is 3.88. The molecule has 100 valence electrons. The highest BCUT2D eigenvalue weighted by Crippen LogP contribution is 2.22. The maximum absolute atomic E-state index is 10.5. The minimum Gasteiger partial charge on any atom is -0.347 e. The summed E-state index contributed by atoms with van der Waals surface area (Å²) < 4.78 is 3.68. The molecule has 0 radical (unpaired) electrons. The molecule has 0 bridgehead atoms. The Bertz CT molecular complexity index is 724. The first-order valence-electron chi connectivity index (χ1n) is 6.35. The van der Waals surface area contributed by atoms with Crippen LogP contribution in [0.2, 0.25) is 0 Å². The van der Waals surface area contributed by atoms with Gasteiger partial charge in [0.15, 0.2) is 0 Å². The van der Waals surface area contributed by atoms with Gasteiger partial charge >= 0.3 is 0 Å². The first-order valence-corrected chi connectivity index (χ1v) is 6.35. The molecule has 0 saturated carbocycles. The fourth-order valence-corrected chi connectivity index (χ4v) is 2.10. The van der Waals surface area contributed by atoms with Crippen LogP contribution in [0.5, 0.6) is 0 Å². The maximum Gasteiger partial charge on any atom is 0.139 e. The zero-order valence-corrected chi connectivity index (χ0v) is 11.1. The third-order valence-corrected chi connectivity index (χ3v) is 3.11. The molecule has 0 N–H and O–H groups in total. The number of pyridine rings is 1. The number of aryl methyl sites for hydroxylation is 1. The van der Waals surface area contributed by atoms with E-state index in [1.54, 1.807) is 12.4 Å². The second kappa shape index (κ2) is 5.13. The molecule has 0 aliphatic carbocycles. The maximum atomic E-state index is 10.5. The van der Waals surface area contributed by atoms with E-state index in [0.29, 0.717) is 6.54 Å². The minimum absolute atomic E-state index is 0.361. The third-order valence-electron chi connectivity index (χ3n) is 3.11. The zero-order valence-electron chi connectivity index (χ0n) is 11.1. The van der Waals surface area contributed by atoms with Crippen molar-refractivity contribution in [3.63, 3.8) is 0 Å². The standard InChI is InChI=1S/C15H14N4O/c1-12-2-3-14(10-16-12)19-15(4-6-17-19)13-5-7-18(11-13)8-9-20/h2-7,9-11H,8H2,1H3. The molecule has 3 rings (SSSR count). The lowest BCUT2D eigenvalue weighted by Gasteiger charge is -2.06. The van der Waals surface area contributed by atoms with Gasteiger partial charge in [-0.05, 0) is 31.2 Å². The second-order valence-corrected chi connectivity index (χ2v) is 4.55. The topological polar surface area (TPSA) is 52.7 Å². The van der Waals surface area contributed by atoms with Crippen molar-refractivity contribution in [2.45, 2.75) is 13.5 Å². The lowest BCUT2D eigenvalue weighted by atomic mass is 10.2. The van der Waals surface area contributed by atoms with E-state index < -0.39 is 0 Å². The number of rotatable bonds is 4. The third kappa shape index (κ3) is 2.25. The largest absolute Gasteiger partial charge is 0.347 e. The zero-order chi connectivity index (χ0) is 13.9. The van der Waals surface area contributed by atoms with Gasteiger partial charge in [-0.3, -0.25) is 4.98 Å². The quantitative estimate of drug-likeness (QED) is 0.680. The van der Waals surface area contributed by atoms with Crippen molar-refractivity contribution in [2.24, 2.45) is 0 Å². The molecule has 0 atom stereocenters. The average Bonchev–Trinajstić information content (AvgIpc) is 3.08. The monoisotopic (exact) mass is 266 g/mol. The summed E-state index contributed by atoms with van der Waals surface area (Å²) >= 11 is 0. The Balaban J connectivity index is 2.00. The van der Waals surface area contributed by atoms with Gasteiger partial charge < -0.3 is 9.36 Å². The molecule has 0 spiro atoms. The second-order valence-electron chi connectivity index (χ2n) is 4.55. The van der Waals surface area contributed by atoms with Gasteiger partial charge in [0.2, 0.25) is 0 Å². The molecule has 0 aliphatic heterocycles. The summed E-state index contributed by atoms with van der Waals surface area (Å²) in [6.45, 7) is 2.31. The number of carbonyl (C=O) groups is 1. The van der Waals surface area contributed by atoms with Crippen LogP contribution in [-0.4, -0.2) is 25.6 Å². The van der Waals surface area contributed by atoms with Gasteiger partial charge in [0.05, 0.1) is 30.3 Å². The van der Waals surface area contributed by atoms with Crippen molar-refractivity contribution in [3.8, 4) is 16.9 Å². The Morgan fingerprint density at radius 1 is 1.25 bits per heavy atom. The van der Waals surface area contributed by atoms with Crippen molar-refractivity contribution < 1.29 is 4.79 Å². The van der Waals surface area contributed by atoms with Gasteiger partial charge in [0, 0.05) is 23.7 Å². The highest BCUT2D eigenvalue weighted by Gasteiger charge is 2.09. The van der Waals surface area contributed by atoms with Crippen LogP contribution in [0, 0.1) is 6.92 Å². The molecule has 0 aromatic carbocycles. The van der Waals surface area contributed by atoms with Crippen LogP contribution in [0.1, 0.15) is 5.69 Å². The molecule has 0 unspecified atom stereocenters. The van der Waals surface area contributed by atoms with E-state index >= 15 is 0 Å². The van der Waals surface area contributed by atoms with Crippen LogP contribution in [0.4, 0.5) is 0 Å². The van der Waals surface area contributed by atoms with Crippen molar-refractivity contribution in [3.05, 3.63) is 54.7 Å². The first kappa shape index (κ1) is 12.3. The molecule has 5 nitrogen and oxygen atoms in total. The SMILES string of the molecule is Cc1ccc(-n2nccc2-c2ccn(CC=O)c2)cn1. The van der Waals surface area contributed by atoms with Gasteiger partial charge in [-0.1, -0.05) is 0 Å². The highest BCUT2D eigenvalue weighted by molar-refractivity contribution is 5.61. The number of carbonyl (C=O) groups excluding carboxylic acids is 1. The number of hydrogen-bond acceptors (Lipinski definition) is 3. The normalized spacial score (nSPS) is 10.7. The van der Waals surface area contributed by atoms with E-state index in [9.17, 15) is 4.79 Å². The molecular formula is C15H14N4O. The lowest BCUT2D eigenvalue weighted by Crippen LogP contribution is -1.99. The summed E-state index contributed by atoms with van der Waals surface area (Å²) in [5.74, 6) is 0. The summed E-state index contributed by atoms with van der Waals surface area (Å²) in [4.78, 5) is 14.8. The number of aldehydes is 1. The number of hydrogen-bond donors (Lipinski definition) is 0. The summed E-state index contributed by atoms with van der Waals surface area (Å²) in [5, 5.41) is 4.35. The summed E-state index contributed by atoms with van der Waals surface area (Å²) in [7, 11) is 0. The van der Waals surface area contributed by atoms with E-state index in [1.165, 1.54) is 0 Å². The Morgan fingerprint density at radius 3 is 2.90 bits per heavy atom. The fraction of sp³-hybridized carbons (Fsp3) is 0.133.